The van der Waals surface area contributed by atoms with Gasteiger partial charge in [0.1, 0.15) is 11.6 Å². The van der Waals surface area contributed by atoms with Crippen LogP contribution in [0.2, 0.25) is 0 Å². The van der Waals surface area contributed by atoms with Crippen LogP contribution in [0.3, 0.4) is 0 Å². The summed E-state index contributed by atoms with van der Waals surface area (Å²) in [6.45, 7) is 8.15. The van der Waals surface area contributed by atoms with E-state index in [1.807, 2.05) is 155 Å². The number of halogens is 1. The van der Waals surface area contributed by atoms with Gasteiger partial charge in [-0.25, -0.2) is 9.97 Å². The van der Waals surface area contributed by atoms with Gasteiger partial charge in [0.2, 0.25) is 23.6 Å². The molecule has 474 valence electrons. The molecule has 18 heteroatoms. The molecule has 0 saturated carbocycles. The Bertz CT molecular complexity index is 5430. The lowest BCUT2D eigenvalue weighted by atomic mass is 9.78. The highest BCUT2D eigenvalue weighted by Crippen LogP contribution is 2.40. The zero-order valence-electron chi connectivity index (χ0n) is 53.7. The molecule has 1 aliphatic heterocycles. The van der Waals surface area contributed by atoms with Crippen LogP contribution in [0, 0.1) is 0 Å². The first-order chi connectivity index (χ1) is 47.9. The molecule has 8 aromatic carbocycles. The van der Waals surface area contributed by atoms with Crippen molar-refractivity contribution in [3.63, 3.8) is 0 Å². The SMILES string of the molecule is Brc1cc(-c2cccnc2)cc(-c2nc3ccccc3n2-c2ccccc2)c1.CC1(C)OB(c2cccc(-c3nnc(-c4cccnc4)o3)c2)OC1(C)C.c1ccc(-n2c(-c3cc(-c4cccnc4)cc(-c4cccc(-c5nnc(-c6cccnc6)o5)c4)c3)nc3ccccc32)cc1. The molecule has 17 rings (SSSR count). The first-order valence-electron chi connectivity index (χ1n) is 31.8. The molecule has 0 amide bonds. The Morgan fingerprint density at radius 3 is 1.16 bits per heavy atom. The second-order valence-corrected chi connectivity index (χ2v) is 25.2. The average Bonchev–Trinajstić information content (AvgIpc) is 1.59. The maximum atomic E-state index is 6.12. The third-order valence-electron chi connectivity index (χ3n) is 17.3. The van der Waals surface area contributed by atoms with Crippen LogP contribution < -0.4 is 5.46 Å². The highest BCUT2D eigenvalue weighted by Gasteiger charge is 2.51. The van der Waals surface area contributed by atoms with Crippen molar-refractivity contribution in [1.82, 2.24) is 59.4 Å². The Kier molecular flexibility index (Phi) is 17.2. The van der Waals surface area contributed by atoms with E-state index in [-0.39, 0.29) is 11.2 Å². The predicted molar refractivity (Wildman–Crippen MR) is 388 cm³/mol. The Labute approximate surface area is 573 Å². The van der Waals surface area contributed by atoms with E-state index in [0.29, 0.717) is 23.6 Å². The summed E-state index contributed by atoms with van der Waals surface area (Å²) in [4.78, 5) is 27.0. The molecule has 9 heterocycles. The van der Waals surface area contributed by atoms with Gasteiger partial charge in [0, 0.05) is 98.8 Å². The van der Waals surface area contributed by atoms with E-state index in [4.69, 9.17) is 28.1 Å². The Morgan fingerprint density at radius 2 is 0.684 bits per heavy atom. The van der Waals surface area contributed by atoms with E-state index in [2.05, 4.69) is 193 Å². The Balaban J connectivity index is 0.000000126. The third-order valence-corrected chi connectivity index (χ3v) is 17.7. The number of nitrogens with zero attached hydrogens (tertiary/aromatic N) is 12. The molecule has 0 aliphatic carbocycles. The average molecular weight is 1340 g/mol. The number of imidazole rings is 2. The lowest BCUT2D eigenvalue weighted by Crippen LogP contribution is -2.41. The lowest BCUT2D eigenvalue weighted by Gasteiger charge is -2.32. The van der Waals surface area contributed by atoms with Crippen molar-refractivity contribution in [2.45, 2.75) is 38.9 Å². The van der Waals surface area contributed by atoms with Crippen LogP contribution in [0.25, 0.3) is 135 Å². The largest absolute Gasteiger partial charge is 0.494 e. The molecule has 1 saturated heterocycles. The zero-order chi connectivity index (χ0) is 66.6. The van der Waals surface area contributed by atoms with E-state index in [1.54, 1.807) is 37.2 Å². The number of benzene rings is 8. The van der Waals surface area contributed by atoms with E-state index in [0.717, 1.165) is 122 Å². The molecule has 0 atom stereocenters. The van der Waals surface area contributed by atoms with Gasteiger partial charge < -0.3 is 18.1 Å². The number of fused-ring (bicyclic) bond motifs is 2. The molecule has 1 fully saturated rings. The third kappa shape index (κ3) is 13.0. The number of para-hydroxylation sites is 6. The maximum absolute atomic E-state index is 6.12. The van der Waals surface area contributed by atoms with E-state index in [1.165, 1.54) is 0 Å². The molecule has 16 nitrogen and oxygen atoms in total. The molecular formula is C80H60BBrN12O4. The summed E-state index contributed by atoms with van der Waals surface area (Å²) in [6, 6.07) is 81.6. The van der Waals surface area contributed by atoms with Crippen molar-refractivity contribution >= 4 is 50.6 Å². The quantitative estimate of drug-likeness (QED) is 0.105. The smallest absolute Gasteiger partial charge is 0.416 e. The minimum Gasteiger partial charge on any atom is -0.416 e. The highest BCUT2D eigenvalue weighted by atomic mass is 79.9. The van der Waals surface area contributed by atoms with Crippen LogP contribution in [-0.4, -0.2) is 77.8 Å². The van der Waals surface area contributed by atoms with Gasteiger partial charge in [-0.1, -0.05) is 113 Å². The van der Waals surface area contributed by atoms with Crippen LogP contribution in [0.1, 0.15) is 27.7 Å². The van der Waals surface area contributed by atoms with Crippen LogP contribution in [-0.2, 0) is 9.31 Å². The summed E-state index contributed by atoms with van der Waals surface area (Å²) < 4.78 is 29.5. The number of rotatable bonds is 12. The molecule has 0 bridgehead atoms. The Hall–Kier alpha value is -12.0. The van der Waals surface area contributed by atoms with Crippen molar-refractivity contribution in [2.24, 2.45) is 0 Å². The minimum absolute atomic E-state index is 0.383. The van der Waals surface area contributed by atoms with Gasteiger partial charge in [0.15, 0.2) is 0 Å². The number of pyridine rings is 4. The summed E-state index contributed by atoms with van der Waals surface area (Å²) >= 11 is 3.67. The van der Waals surface area contributed by atoms with Crippen LogP contribution in [0.5, 0.6) is 0 Å². The standard InChI is InChI=1S/C37H24N6O.C24H16BrN3.C19H20BN3O3/c1-2-13-32(14-3-1)43-34-16-5-4-15-33(34)40-35(43)31-21-29(20-30(22-31)27-11-7-17-38-23-27)25-9-6-10-26(19-25)36-41-42-37(44-36)28-12-8-18-39-24-28;25-20-14-18(17-7-6-12-26-16-17)13-19(15-20)24-27-22-10-4-5-11-23(22)28(24)21-8-2-1-3-9-21;1-18(2)19(3,4)26-20(25-18)15-9-5-7-13(11-15)16-22-23-17(24-16)14-8-6-10-21-12-14/h1-24H;1-16H;5-12H,1-4H3. The van der Waals surface area contributed by atoms with Crippen LogP contribution >= 0.6 is 15.9 Å². The Morgan fingerprint density at radius 1 is 0.327 bits per heavy atom. The molecule has 0 N–H and O–H groups in total. The summed E-state index contributed by atoms with van der Waals surface area (Å²) in [7, 11) is -0.430. The van der Waals surface area contributed by atoms with E-state index in [9.17, 15) is 0 Å². The van der Waals surface area contributed by atoms with Crippen molar-refractivity contribution in [2.75, 3.05) is 0 Å². The van der Waals surface area contributed by atoms with Crippen LogP contribution in [0.15, 0.2) is 306 Å². The van der Waals surface area contributed by atoms with E-state index < -0.39 is 7.12 Å². The number of aromatic nitrogens is 12. The molecule has 98 heavy (non-hydrogen) atoms. The lowest BCUT2D eigenvalue weighted by molar-refractivity contribution is 0.00578. The molecular weight excluding hydrogens is 1280 g/mol. The van der Waals surface area contributed by atoms with Crippen molar-refractivity contribution in [1.29, 1.82) is 0 Å². The van der Waals surface area contributed by atoms with Gasteiger partial charge in [0.05, 0.1) is 44.4 Å². The fourth-order valence-electron chi connectivity index (χ4n) is 11.7. The first kappa shape index (κ1) is 62.2. The van der Waals surface area contributed by atoms with Gasteiger partial charge in [-0.15, -0.1) is 20.4 Å². The second-order valence-electron chi connectivity index (χ2n) is 24.3. The highest BCUT2D eigenvalue weighted by molar-refractivity contribution is 9.10. The zero-order valence-corrected chi connectivity index (χ0v) is 55.3. The predicted octanol–water partition coefficient (Wildman–Crippen LogP) is 18.1. The van der Waals surface area contributed by atoms with Gasteiger partial charge in [-0.05, 0) is 201 Å². The van der Waals surface area contributed by atoms with Crippen molar-refractivity contribution in [3.8, 4) is 113 Å². The molecule has 0 radical (unpaired) electrons. The summed E-state index contributed by atoms with van der Waals surface area (Å²) in [5.74, 6) is 3.54. The van der Waals surface area contributed by atoms with Gasteiger partial charge in [-0.2, -0.15) is 0 Å². The first-order valence-corrected chi connectivity index (χ1v) is 32.6. The molecule has 0 spiro atoms. The number of hydrogen-bond donors (Lipinski definition) is 0. The fraction of sp³-hybridized carbons (Fsp3) is 0.0750. The molecule has 8 aromatic heterocycles. The monoisotopic (exact) mass is 1340 g/mol. The topological polar surface area (TPSA) is 183 Å². The summed E-state index contributed by atoms with van der Waals surface area (Å²) in [6.07, 6.45) is 14.2. The summed E-state index contributed by atoms with van der Waals surface area (Å²) in [5.41, 5.74) is 17.9. The minimum atomic E-state index is -0.430. The van der Waals surface area contributed by atoms with E-state index >= 15 is 0 Å². The maximum Gasteiger partial charge on any atom is 0.494 e. The van der Waals surface area contributed by atoms with Crippen molar-refractivity contribution < 1.29 is 18.1 Å². The second kappa shape index (κ2) is 27.0. The van der Waals surface area contributed by atoms with Gasteiger partial charge >= 0.3 is 7.12 Å². The molecule has 0 unspecified atom stereocenters. The molecule has 1 aliphatic rings. The summed E-state index contributed by atoms with van der Waals surface area (Å²) in [5, 5.41) is 16.9. The van der Waals surface area contributed by atoms with Crippen LogP contribution in [0.4, 0.5) is 0 Å². The molecule has 16 aromatic rings. The normalized spacial score (nSPS) is 13.0. The van der Waals surface area contributed by atoms with Crippen molar-refractivity contribution in [3.05, 3.63) is 297 Å². The van der Waals surface area contributed by atoms with Gasteiger partial charge in [-0.3, -0.25) is 29.1 Å². The van der Waals surface area contributed by atoms with Gasteiger partial charge in [0.25, 0.3) is 0 Å². The number of hydrogen-bond acceptors (Lipinski definition) is 14. The fourth-order valence-corrected chi connectivity index (χ4v) is 12.2.